The van der Waals surface area contributed by atoms with E-state index >= 15 is 0 Å². The molecule has 0 aliphatic carbocycles. The molecule has 1 atom stereocenters. The zero-order valence-electron chi connectivity index (χ0n) is 30.7. The number of anilines is 2. The van der Waals surface area contributed by atoms with Gasteiger partial charge in [0.15, 0.2) is 0 Å². The van der Waals surface area contributed by atoms with E-state index in [0.29, 0.717) is 27.5 Å². The number of allylic oxidation sites excluding steroid dienone is 1. The summed E-state index contributed by atoms with van der Waals surface area (Å²) in [5.74, 6) is 1.58. The van der Waals surface area contributed by atoms with Crippen molar-refractivity contribution in [2.45, 2.75) is 57.5 Å². The SMILES string of the molecule is C=Cc1ccc(N2CCC(CN3CCCN(c4cccc(-c5cnc6[nH]cc(CC(F)F)c6c5Cl)c4)C3=C)CC2)cc1CN(C)C1CCC(=C)NC1=C. The number of likely N-dealkylation sites (N-methyl/N-ethyl adjacent to an activating group) is 1. The van der Waals surface area contributed by atoms with E-state index in [-0.39, 0.29) is 12.5 Å². The molecule has 2 N–H and O–H groups in total. The van der Waals surface area contributed by atoms with Crippen molar-refractivity contribution in [3.63, 3.8) is 0 Å². The number of H-pyrrole nitrogens is 1. The van der Waals surface area contributed by atoms with Crippen molar-refractivity contribution in [1.82, 2.24) is 25.1 Å². The molecule has 3 aliphatic rings. The fourth-order valence-electron chi connectivity index (χ4n) is 8.35. The van der Waals surface area contributed by atoms with Gasteiger partial charge in [-0.05, 0) is 91.6 Å². The number of hydrogen-bond acceptors (Lipinski definition) is 6. The molecule has 7 nitrogen and oxygen atoms in total. The first-order valence-corrected chi connectivity index (χ1v) is 19.1. The van der Waals surface area contributed by atoms with Crippen LogP contribution >= 0.6 is 11.6 Å². The summed E-state index contributed by atoms with van der Waals surface area (Å²) in [5, 5.41) is 4.35. The van der Waals surface area contributed by atoms with Crippen molar-refractivity contribution in [3.8, 4) is 11.1 Å². The third kappa shape index (κ3) is 7.87. The van der Waals surface area contributed by atoms with Gasteiger partial charge in [-0.15, -0.1) is 0 Å². The molecule has 1 unspecified atom stereocenters. The van der Waals surface area contributed by atoms with Gasteiger partial charge in [0.1, 0.15) is 11.5 Å². The summed E-state index contributed by atoms with van der Waals surface area (Å²) in [6.07, 6.45) is 7.67. The van der Waals surface area contributed by atoms with Crippen LogP contribution in [0.3, 0.4) is 0 Å². The number of halogens is 3. The lowest BCUT2D eigenvalue weighted by Gasteiger charge is -2.43. The fraction of sp³-hybridized carbons (Fsp3) is 0.372. The summed E-state index contributed by atoms with van der Waals surface area (Å²) >= 11 is 6.87. The summed E-state index contributed by atoms with van der Waals surface area (Å²) in [5.41, 5.74) is 9.43. The van der Waals surface area contributed by atoms with Crippen LogP contribution in [0.2, 0.25) is 5.02 Å². The molecule has 10 heteroatoms. The molecule has 7 rings (SSSR count). The Labute approximate surface area is 317 Å². The van der Waals surface area contributed by atoms with E-state index in [0.717, 1.165) is 105 Å². The highest BCUT2D eigenvalue weighted by atomic mass is 35.5. The highest BCUT2D eigenvalue weighted by Gasteiger charge is 2.28. The minimum atomic E-state index is -2.47. The minimum absolute atomic E-state index is 0.271. The van der Waals surface area contributed by atoms with Gasteiger partial charge in [-0.25, -0.2) is 13.8 Å². The second kappa shape index (κ2) is 15.8. The molecule has 0 amide bonds. The Kier molecular flexibility index (Phi) is 10.9. The average Bonchev–Trinajstić information content (AvgIpc) is 3.55. The lowest BCUT2D eigenvalue weighted by atomic mass is 9.94. The van der Waals surface area contributed by atoms with E-state index in [2.05, 4.69) is 98.6 Å². The van der Waals surface area contributed by atoms with Gasteiger partial charge >= 0.3 is 0 Å². The lowest BCUT2D eigenvalue weighted by molar-refractivity contribution is 0.149. The molecule has 5 heterocycles. The molecule has 3 fully saturated rings. The minimum Gasteiger partial charge on any atom is -0.372 e. The number of rotatable bonds is 11. The highest BCUT2D eigenvalue weighted by molar-refractivity contribution is 6.38. The van der Waals surface area contributed by atoms with Crippen molar-refractivity contribution in [3.05, 3.63) is 120 Å². The van der Waals surface area contributed by atoms with E-state index in [1.54, 1.807) is 12.4 Å². The third-order valence-corrected chi connectivity index (χ3v) is 11.7. The molecule has 0 saturated carbocycles. The van der Waals surface area contributed by atoms with E-state index in [1.807, 2.05) is 18.2 Å². The summed E-state index contributed by atoms with van der Waals surface area (Å²) in [6, 6.07) is 15.3. The standard InChI is InChI=1S/C43H50ClF2N7/c1-6-32-12-13-36(22-35(32)27-50(5)39-14-11-28(2)49-29(39)3)51-19-15-31(16-20-51)26-52-17-8-18-53(30(52)4)37-10-7-9-33(21-37)38-25-48-43-41(42(38)44)34(24-47-43)23-40(45)46/h6-7,9-10,12-13,21-22,24-25,31,39-40,49H,1-4,8,11,14-20,23,26-27H2,5H3,(H,47,48). The molecule has 2 aromatic heterocycles. The van der Waals surface area contributed by atoms with Crippen LogP contribution in [0.4, 0.5) is 20.2 Å². The maximum Gasteiger partial charge on any atom is 0.242 e. The largest absolute Gasteiger partial charge is 0.372 e. The zero-order valence-corrected chi connectivity index (χ0v) is 31.4. The predicted molar refractivity (Wildman–Crippen MR) is 216 cm³/mol. The number of benzene rings is 2. The Morgan fingerprint density at radius 1 is 1.02 bits per heavy atom. The molecule has 0 bridgehead atoms. The Bertz CT molecular complexity index is 2010. The second-order valence-corrected chi connectivity index (χ2v) is 15.2. The highest BCUT2D eigenvalue weighted by Crippen LogP contribution is 2.38. The topological polar surface area (TPSA) is 53.7 Å². The summed E-state index contributed by atoms with van der Waals surface area (Å²) in [7, 11) is 2.18. The first-order chi connectivity index (χ1) is 25.6. The van der Waals surface area contributed by atoms with E-state index in [4.69, 9.17) is 11.6 Å². The summed E-state index contributed by atoms with van der Waals surface area (Å²) in [4.78, 5) is 17.1. The maximum atomic E-state index is 13.3. The van der Waals surface area contributed by atoms with Gasteiger partial charge in [0, 0.05) is 97.8 Å². The molecule has 3 saturated heterocycles. The summed E-state index contributed by atoms with van der Waals surface area (Å²) in [6.45, 7) is 22.7. The molecule has 278 valence electrons. The monoisotopic (exact) mass is 737 g/mol. The Balaban J connectivity index is 0.986. The van der Waals surface area contributed by atoms with Gasteiger partial charge in [0.25, 0.3) is 0 Å². The van der Waals surface area contributed by atoms with Crippen LogP contribution in [0.1, 0.15) is 48.8 Å². The van der Waals surface area contributed by atoms with Gasteiger partial charge in [-0.3, -0.25) is 4.90 Å². The van der Waals surface area contributed by atoms with Crippen molar-refractivity contribution < 1.29 is 8.78 Å². The number of hydrogen-bond donors (Lipinski definition) is 2. The average molecular weight is 738 g/mol. The van der Waals surface area contributed by atoms with Gasteiger partial charge < -0.3 is 25.0 Å². The predicted octanol–water partition coefficient (Wildman–Crippen LogP) is 9.45. The second-order valence-electron chi connectivity index (χ2n) is 14.8. The molecular formula is C43H50ClF2N7. The van der Waals surface area contributed by atoms with Crippen LogP contribution < -0.4 is 15.1 Å². The van der Waals surface area contributed by atoms with Crippen LogP contribution in [-0.4, -0.2) is 72.0 Å². The Morgan fingerprint density at radius 2 is 1.83 bits per heavy atom. The quantitative estimate of drug-likeness (QED) is 0.160. The van der Waals surface area contributed by atoms with Crippen molar-refractivity contribution in [2.24, 2.45) is 5.92 Å². The number of piperidine rings is 2. The number of fused-ring (bicyclic) bond motifs is 1. The molecule has 0 radical (unpaired) electrons. The Hall–Kier alpha value is -4.60. The van der Waals surface area contributed by atoms with Gasteiger partial charge in [-0.2, -0.15) is 0 Å². The number of nitrogens with zero attached hydrogens (tertiary/aromatic N) is 5. The first-order valence-electron chi connectivity index (χ1n) is 18.7. The van der Waals surface area contributed by atoms with Crippen LogP contribution in [0, 0.1) is 5.92 Å². The van der Waals surface area contributed by atoms with Gasteiger partial charge in [0.05, 0.1) is 5.02 Å². The first kappa shape index (κ1) is 36.7. The van der Waals surface area contributed by atoms with E-state index in [9.17, 15) is 8.78 Å². The van der Waals surface area contributed by atoms with Crippen molar-refractivity contribution in [1.29, 1.82) is 0 Å². The number of nitrogens with one attached hydrogen (secondary N) is 2. The molecule has 0 spiro atoms. The van der Waals surface area contributed by atoms with Crippen LogP contribution in [0.15, 0.2) is 98.4 Å². The molecular weight excluding hydrogens is 688 g/mol. The third-order valence-electron chi connectivity index (χ3n) is 11.3. The fourth-order valence-corrected chi connectivity index (χ4v) is 8.71. The number of pyridine rings is 1. The van der Waals surface area contributed by atoms with E-state index < -0.39 is 6.43 Å². The lowest BCUT2D eigenvalue weighted by Crippen LogP contribution is -2.45. The number of alkyl halides is 2. The smallest absolute Gasteiger partial charge is 0.242 e. The van der Waals surface area contributed by atoms with Crippen LogP contribution in [0.25, 0.3) is 28.2 Å². The van der Waals surface area contributed by atoms with Gasteiger partial charge in [0.2, 0.25) is 6.43 Å². The van der Waals surface area contributed by atoms with E-state index in [1.165, 1.54) is 16.8 Å². The molecule has 3 aliphatic heterocycles. The maximum absolute atomic E-state index is 13.3. The normalized spacial score (nSPS) is 18.8. The van der Waals surface area contributed by atoms with Gasteiger partial charge in [-0.1, -0.05) is 62.2 Å². The molecule has 4 aromatic rings. The van der Waals surface area contributed by atoms with Crippen LogP contribution in [-0.2, 0) is 13.0 Å². The number of aromatic nitrogens is 2. The zero-order chi connectivity index (χ0) is 37.2. The summed E-state index contributed by atoms with van der Waals surface area (Å²) < 4.78 is 26.6. The van der Waals surface area contributed by atoms with Crippen molar-refractivity contribution >= 4 is 40.1 Å². The van der Waals surface area contributed by atoms with Crippen molar-refractivity contribution in [2.75, 3.05) is 49.6 Å². The Morgan fingerprint density at radius 3 is 2.58 bits per heavy atom. The number of aromatic amines is 1. The molecule has 2 aromatic carbocycles. The molecule has 53 heavy (non-hydrogen) atoms. The van der Waals surface area contributed by atoms with Crippen LogP contribution in [0.5, 0.6) is 0 Å².